The summed E-state index contributed by atoms with van der Waals surface area (Å²) in [5.41, 5.74) is 0.992. The third-order valence-corrected chi connectivity index (χ3v) is 5.29. The number of unbranched alkanes of at least 4 members (excludes halogenated alkanes) is 2. The first-order valence-corrected chi connectivity index (χ1v) is 9.50. The lowest BCUT2D eigenvalue weighted by atomic mass is 9.76. The van der Waals surface area contributed by atoms with Gasteiger partial charge in [0.05, 0.1) is 0 Å². The standard InChI is InChI=1S/C22H30F2O/c1-4-7-8-9-16-10-12-18(13-11-16)19-15-17(6-3)22(25-14-5-2)21(24)20(19)23/h5-6,15-16,18H,2-4,7-14H2,1H3. The zero-order chi connectivity index (χ0) is 18.2. The Hall–Kier alpha value is -1.64. The van der Waals surface area contributed by atoms with Crippen molar-refractivity contribution in [1.29, 1.82) is 0 Å². The van der Waals surface area contributed by atoms with Crippen LogP contribution in [0, 0.1) is 17.6 Å². The van der Waals surface area contributed by atoms with Crippen molar-refractivity contribution in [3.63, 3.8) is 0 Å². The fourth-order valence-electron chi connectivity index (χ4n) is 3.83. The number of benzene rings is 1. The van der Waals surface area contributed by atoms with Crippen molar-refractivity contribution in [2.24, 2.45) is 5.92 Å². The summed E-state index contributed by atoms with van der Waals surface area (Å²) in [5.74, 6) is -0.906. The van der Waals surface area contributed by atoms with Crippen LogP contribution in [-0.2, 0) is 0 Å². The van der Waals surface area contributed by atoms with E-state index in [1.165, 1.54) is 37.8 Å². The first-order valence-electron chi connectivity index (χ1n) is 9.50. The van der Waals surface area contributed by atoms with E-state index >= 15 is 0 Å². The van der Waals surface area contributed by atoms with Crippen LogP contribution in [0.1, 0.15) is 75.3 Å². The fraction of sp³-hybridized carbons (Fsp3) is 0.545. The van der Waals surface area contributed by atoms with Crippen molar-refractivity contribution in [1.82, 2.24) is 0 Å². The summed E-state index contributed by atoms with van der Waals surface area (Å²) in [5, 5.41) is 0. The summed E-state index contributed by atoms with van der Waals surface area (Å²) >= 11 is 0. The predicted molar refractivity (Wildman–Crippen MR) is 101 cm³/mol. The van der Waals surface area contributed by atoms with Crippen LogP contribution >= 0.6 is 0 Å². The maximum absolute atomic E-state index is 14.6. The van der Waals surface area contributed by atoms with Gasteiger partial charge in [-0.25, -0.2) is 4.39 Å². The van der Waals surface area contributed by atoms with Crippen LogP contribution in [-0.4, -0.2) is 6.61 Å². The van der Waals surface area contributed by atoms with E-state index in [-0.39, 0.29) is 18.3 Å². The Bertz CT molecular complexity index is 586. The number of halogens is 2. The molecule has 0 amide bonds. The molecule has 0 saturated heterocycles. The number of ether oxygens (including phenoxy) is 1. The molecule has 0 radical (unpaired) electrons. The molecule has 3 heteroatoms. The highest BCUT2D eigenvalue weighted by atomic mass is 19.2. The quantitative estimate of drug-likeness (QED) is 0.344. The average molecular weight is 348 g/mol. The van der Waals surface area contributed by atoms with Gasteiger partial charge in [0.25, 0.3) is 0 Å². The minimum absolute atomic E-state index is 0.0654. The lowest BCUT2D eigenvalue weighted by molar-refractivity contribution is 0.294. The molecule has 1 saturated carbocycles. The number of hydrogen-bond donors (Lipinski definition) is 0. The topological polar surface area (TPSA) is 9.23 Å². The molecule has 0 bridgehead atoms. The number of rotatable bonds is 9. The summed E-state index contributed by atoms with van der Waals surface area (Å²) in [7, 11) is 0. The smallest absolute Gasteiger partial charge is 0.201 e. The zero-order valence-electron chi connectivity index (χ0n) is 15.3. The molecular weight excluding hydrogens is 318 g/mol. The second kappa shape index (κ2) is 9.74. The van der Waals surface area contributed by atoms with E-state index in [1.807, 2.05) is 0 Å². The van der Waals surface area contributed by atoms with Gasteiger partial charge in [-0.05, 0) is 49.1 Å². The summed E-state index contributed by atoms with van der Waals surface area (Å²) < 4.78 is 34.4. The molecule has 1 nitrogen and oxygen atoms in total. The first kappa shape index (κ1) is 19.7. The maximum Gasteiger partial charge on any atom is 0.201 e. The Morgan fingerprint density at radius 2 is 1.84 bits per heavy atom. The second-order valence-corrected chi connectivity index (χ2v) is 7.03. The maximum atomic E-state index is 14.6. The highest BCUT2D eigenvalue weighted by Crippen LogP contribution is 2.41. The molecule has 1 fully saturated rings. The molecule has 1 aliphatic carbocycles. The molecule has 0 spiro atoms. The summed E-state index contributed by atoms with van der Waals surface area (Å²) in [4.78, 5) is 0. The van der Waals surface area contributed by atoms with Gasteiger partial charge in [0, 0.05) is 5.56 Å². The Labute approximate surface area is 150 Å². The molecule has 1 aliphatic rings. The van der Waals surface area contributed by atoms with E-state index in [0.29, 0.717) is 11.1 Å². The molecule has 1 aromatic carbocycles. The largest absolute Gasteiger partial charge is 0.486 e. The van der Waals surface area contributed by atoms with E-state index in [1.54, 1.807) is 6.07 Å². The van der Waals surface area contributed by atoms with Crippen molar-refractivity contribution in [2.45, 2.75) is 64.2 Å². The molecule has 0 N–H and O–H groups in total. The fourth-order valence-corrected chi connectivity index (χ4v) is 3.83. The molecule has 25 heavy (non-hydrogen) atoms. The summed E-state index contributed by atoms with van der Waals surface area (Å²) in [6, 6.07) is 1.71. The highest BCUT2D eigenvalue weighted by molar-refractivity contribution is 5.58. The van der Waals surface area contributed by atoms with E-state index in [4.69, 9.17) is 4.74 Å². The summed E-state index contributed by atoms with van der Waals surface area (Å²) in [6.07, 6.45) is 12.2. The molecule has 138 valence electrons. The minimum Gasteiger partial charge on any atom is -0.486 e. The van der Waals surface area contributed by atoms with Crippen molar-refractivity contribution >= 4 is 6.08 Å². The van der Waals surface area contributed by atoms with E-state index < -0.39 is 11.6 Å². The lowest BCUT2D eigenvalue weighted by Gasteiger charge is -2.29. The Morgan fingerprint density at radius 3 is 2.44 bits per heavy atom. The van der Waals surface area contributed by atoms with Crippen LogP contribution in [0.3, 0.4) is 0 Å². The van der Waals surface area contributed by atoms with Gasteiger partial charge in [0.1, 0.15) is 6.61 Å². The van der Waals surface area contributed by atoms with Gasteiger partial charge in [0.15, 0.2) is 11.6 Å². The van der Waals surface area contributed by atoms with Crippen LogP contribution in [0.15, 0.2) is 25.3 Å². The second-order valence-electron chi connectivity index (χ2n) is 7.03. The molecular formula is C22H30F2O. The van der Waals surface area contributed by atoms with Crippen LogP contribution < -0.4 is 4.74 Å². The van der Waals surface area contributed by atoms with Crippen LogP contribution in [0.2, 0.25) is 0 Å². The van der Waals surface area contributed by atoms with Gasteiger partial charge < -0.3 is 4.74 Å². The Kier molecular flexibility index (Phi) is 7.67. The summed E-state index contributed by atoms with van der Waals surface area (Å²) in [6.45, 7) is 9.61. The normalized spacial score (nSPS) is 20.3. The van der Waals surface area contributed by atoms with Gasteiger partial charge >= 0.3 is 0 Å². The SMILES string of the molecule is C=CCOc1c(C=C)cc(C2CCC(CCCCC)CC2)c(F)c1F. The van der Waals surface area contributed by atoms with Crippen molar-refractivity contribution < 1.29 is 13.5 Å². The molecule has 0 aromatic heterocycles. The number of hydrogen-bond acceptors (Lipinski definition) is 1. The highest BCUT2D eigenvalue weighted by Gasteiger charge is 2.27. The van der Waals surface area contributed by atoms with E-state index in [9.17, 15) is 8.78 Å². The van der Waals surface area contributed by atoms with Crippen molar-refractivity contribution in [3.05, 3.63) is 48.1 Å². The minimum atomic E-state index is -0.903. The van der Waals surface area contributed by atoms with Gasteiger partial charge in [-0.1, -0.05) is 57.9 Å². The zero-order valence-corrected chi connectivity index (χ0v) is 15.3. The monoisotopic (exact) mass is 348 g/mol. The van der Waals surface area contributed by atoms with Crippen LogP contribution in [0.5, 0.6) is 5.75 Å². The Balaban J connectivity index is 2.11. The molecule has 1 aromatic rings. The molecule has 2 rings (SSSR count). The molecule has 0 aliphatic heterocycles. The van der Waals surface area contributed by atoms with E-state index in [2.05, 4.69) is 20.1 Å². The van der Waals surface area contributed by atoms with Gasteiger partial charge in [-0.15, -0.1) is 0 Å². The molecule has 0 heterocycles. The molecule has 0 unspecified atom stereocenters. The van der Waals surface area contributed by atoms with Crippen molar-refractivity contribution in [3.8, 4) is 5.75 Å². The first-order chi connectivity index (χ1) is 12.1. The van der Waals surface area contributed by atoms with Crippen LogP contribution in [0.4, 0.5) is 8.78 Å². The average Bonchev–Trinajstić information content (AvgIpc) is 2.64. The Morgan fingerprint density at radius 1 is 1.12 bits per heavy atom. The third kappa shape index (κ3) is 4.93. The van der Waals surface area contributed by atoms with E-state index in [0.717, 1.165) is 31.6 Å². The molecule has 0 atom stereocenters. The van der Waals surface area contributed by atoms with Gasteiger partial charge in [-0.3, -0.25) is 0 Å². The van der Waals surface area contributed by atoms with Gasteiger partial charge in [0.2, 0.25) is 5.82 Å². The third-order valence-electron chi connectivity index (χ3n) is 5.29. The van der Waals surface area contributed by atoms with Crippen LogP contribution in [0.25, 0.3) is 6.08 Å². The predicted octanol–water partition coefficient (Wildman–Crippen LogP) is 7.03. The van der Waals surface area contributed by atoms with Gasteiger partial charge in [-0.2, -0.15) is 4.39 Å². The lowest BCUT2D eigenvalue weighted by Crippen LogP contribution is -2.15. The van der Waals surface area contributed by atoms with Crippen molar-refractivity contribution in [2.75, 3.05) is 6.61 Å².